The van der Waals surface area contributed by atoms with E-state index < -0.39 is 23.5 Å². The van der Waals surface area contributed by atoms with Crippen molar-refractivity contribution in [1.82, 2.24) is 0 Å². The molecule has 1 aliphatic carbocycles. The summed E-state index contributed by atoms with van der Waals surface area (Å²) in [4.78, 5) is 0. The smallest absolute Gasteiger partial charge is 0.0255 e. The fourth-order valence-electron chi connectivity index (χ4n) is 5.82. The van der Waals surface area contributed by atoms with Crippen LogP contribution in [0.5, 0.6) is 0 Å². The molecule has 0 aliphatic heterocycles. The van der Waals surface area contributed by atoms with E-state index in [-0.39, 0.29) is 24.8 Å². The van der Waals surface area contributed by atoms with Crippen LogP contribution in [0.4, 0.5) is 26.3 Å². The van der Waals surface area contributed by atoms with E-state index in [1.807, 2.05) is 12.2 Å². The number of rotatable bonds is 2. The Labute approximate surface area is 312 Å². The largest absolute Gasteiger partial charge is 1.00 e. The van der Waals surface area contributed by atoms with Crippen LogP contribution in [-0.2, 0) is 36.2 Å². The average Bonchev–Trinajstić information content (AvgIpc) is 3.81. The van der Waals surface area contributed by atoms with Crippen LogP contribution in [0.3, 0.4) is 0 Å². The number of hydrogen-bond acceptors (Lipinski definition) is 0. The summed E-state index contributed by atoms with van der Waals surface area (Å²) < 4.78 is 76.7. The molecule has 0 bridgehead atoms. The van der Waals surface area contributed by atoms with Crippen LogP contribution in [-0.4, -0.2) is 3.26 Å². The predicted molar refractivity (Wildman–Crippen MR) is 180 cm³/mol. The molecule has 9 heteroatoms. The molecule has 0 heterocycles. The third-order valence-electron chi connectivity index (χ3n) is 8.05. The zero-order chi connectivity index (χ0) is 33.9. The van der Waals surface area contributed by atoms with Gasteiger partial charge in [-0.2, -0.15) is 6.08 Å². The minimum atomic E-state index is -4.48. The molecule has 0 nitrogen and oxygen atoms in total. The van der Waals surface area contributed by atoms with Gasteiger partial charge in [0, 0.05) is 0 Å². The summed E-state index contributed by atoms with van der Waals surface area (Å²) in [5.74, 6) is 0. The van der Waals surface area contributed by atoms with Crippen molar-refractivity contribution in [2.24, 2.45) is 0 Å². The zero-order valence-electron chi connectivity index (χ0n) is 26.1. The number of hydrogen-bond donors (Lipinski definition) is 0. The second-order valence-corrected chi connectivity index (χ2v) is 12.9. The van der Waals surface area contributed by atoms with E-state index in [9.17, 15) is 26.3 Å². The van der Waals surface area contributed by atoms with Crippen molar-refractivity contribution in [3.63, 3.8) is 0 Å². The fraction of sp³-hybridized carbons (Fsp3) is 0.0732. The molecule has 1 aliphatic rings. The molecule has 7 aromatic rings. The van der Waals surface area contributed by atoms with E-state index in [0.29, 0.717) is 38.3 Å². The topological polar surface area (TPSA) is 0 Å². The number of allylic oxidation sites excluding steroid dienone is 4. The number of alkyl halides is 6. The predicted octanol–water partition coefficient (Wildman–Crippen LogP) is 6.17. The minimum Gasteiger partial charge on any atom is -1.00 e. The molecule has 0 spiro atoms. The summed E-state index contributed by atoms with van der Waals surface area (Å²) >= 11 is 0.316. The van der Waals surface area contributed by atoms with Crippen LogP contribution in [0.15, 0.2) is 146 Å². The number of benzene rings is 6. The summed E-state index contributed by atoms with van der Waals surface area (Å²) in [6.45, 7) is 0. The van der Waals surface area contributed by atoms with E-state index in [1.165, 1.54) is 67.4 Å². The Balaban J connectivity index is 0.000000190. The molecule has 252 valence electrons. The molecule has 0 atom stereocenters. The van der Waals surface area contributed by atoms with Gasteiger partial charge in [0.15, 0.2) is 0 Å². The van der Waals surface area contributed by atoms with E-state index in [2.05, 4.69) is 91.0 Å². The second-order valence-electron chi connectivity index (χ2n) is 11.1. The molecule has 0 N–H and O–H groups in total. The Hall–Kier alpha value is -3.91. The van der Waals surface area contributed by atoms with Crippen LogP contribution in [0.2, 0.25) is 0 Å². The molecule has 0 saturated carbocycles. The van der Waals surface area contributed by atoms with Crippen molar-refractivity contribution >= 4 is 46.3 Å². The first-order chi connectivity index (χ1) is 23.0. The first-order valence-corrected chi connectivity index (χ1v) is 16.8. The van der Waals surface area contributed by atoms with E-state index in [0.717, 1.165) is 30.7 Å². The van der Waals surface area contributed by atoms with Gasteiger partial charge in [0.25, 0.3) is 0 Å². The van der Waals surface area contributed by atoms with Gasteiger partial charge in [0.2, 0.25) is 0 Å². The standard InChI is InChI=1S/C21H13.C15H8F6.C5H5.2ClH.Hf/c1-2-8-15-14(7-1)13-20-18-11-4-3-9-16(18)17-10-5-6-12-19(17)21(15)20;16-14(17,18)12-5-1-3-10(8-12)7-11-4-2-6-13(9-11)15(19,20)21;1-2-4-5-3-1;;;/h1-13H;1-6,8-9H;1-3H,4H2;2*1H;/q-1;;-1;;;+2/p-2. The van der Waals surface area contributed by atoms with Crippen molar-refractivity contribution in [2.75, 3.05) is 0 Å². The van der Waals surface area contributed by atoms with Crippen LogP contribution in [0, 0.1) is 6.08 Å². The maximum Gasteiger partial charge on any atom is -0.0255 e. The van der Waals surface area contributed by atoms with Gasteiger partial charge in [0.05, 0.1) is 0 Å². The first-order valence-electron chi connectivity index (χ1n) is 15.1. The van der Waals surface area contributed by atoms with Crippen molar-refractivity contribution < 1.29 is 75.0 Å². The normalized spacial score (nSPS) is 12.2. The van der Waals surface area contributed by atoms with Gasteiger partial charge in [-0.25, -0.2) is 12.2 Å². The molecule has 0 unspecified atom stereocenters. The number of fused-ring (bicyclic) bond motifs is 8. The van der Waals surface area contributed by atoms with Gasteiger partial charge in [0.1, 0.15) is 0 Å². The van der Waals surface area contributed by atoms with E-state index in [1.54, 1.807) is 0 Å². The van der Waals surface area contributed by atoms with Crippen LogP contribution < -0.4 is 24.8 Å². The van der Waals surface area contributed by atoms with Gasteiger partial charge in [-0.1, -0.05) is 77.5 Å². The van der Waals surface area contributed by atoms with Gasteiger partial charge >= 0.3 is 137 Å². The fourth-order valence-corrected chi connectivity index (χ4v) is 6.94. The number of halogens is 8. The van der Waals surface area contributed by atoms with Crippen LogP contribution >= 0.6 is 0 Å². The van der Waals surface area contributed by atoms with Crippen molar-refractivity contribution in [3.05, 3.63) is 174 Å². The molecule has 7 aromatic carbocycles. The SMILES string of the molecule is FC(F)(F)c1cccc([C](=[Hf+2])c2cccc(C(F)(F)F)c2)c1.[C-]1=CC=CC1.[Cl-].[Cl-].c1ccc2c(c1)[cH-]c1c3ccccc3c3ccccc3c21. The molecule has 0 radical (unpaired) electrons. The van der Waals surface area contributed by atoms with Crippen molar-refractivity contribution in [1.29, 1.82) is 0 Å². The Morgan fingerprint density at radius 2 is 1.06 bits per heavy atom. The maximum atomic E-state index is 12.7. The summed E-state index contributed by atoms with van der Waals surface area (Å²) in [6, 6.07) is 37.7. The zero-order valence-corrected chi connectivity index (χ0v) is 31.2. The molecular formula is C41H26Cl2F6Hf-2. The van der Waals surface area contributed by atoms with E-state index >= 15 is 0 Å². The molecule has 0 aromatic heterocycles. The van der Waals surface area contributed by atoms with Crippen LogP contribution in [0.25, 0.3) is 43.1 Å². The van der Waals surface area contributed by atoms with Crippen molar-refractivity contribution in [2.45, 2.75) is 18.8 Å². The maximum absolute atomic E-state index is 12.7. The summed E-state index contributed by atoms with van der Waals surface area (Å²) in [6.07, 6.45) is 1.04. The Kier molecular flexibility index (Phi) is 12.8. The summed E-state index contributed by atoms with van der Waals surface area (Å²) in [7, 11) is 0. The molecule has 8 rings (SSSR count). The first kappa shape index (κ1) is 38.9. The quantitative estimate of drug-likeness (QED) is 0.0845. The van der Waals surface area contributed by atoms with Gasteiger partial charge in [-0.3, -0.25) is 6.08 Å². The van der Waals surface area contributed by atoms with Gasteiger partial charge in [-0.15, -0.1) is 40.1 Å². The third-order valence-corrected chi connectivity index (χ3v) is 10.1. The third kappa shape index (κ3) is 8.51. The molecule has 0 saturated heterocycles. The van der Waals surface area contributed by atoms with Gasteiger partial charge in [-0.05, 0) is 10.8 Å². The second kappa shape index (κ2) is 16.4. The molecular weight excluding hydrogens is 856 g/mol. The van der Waals surface area contributed by atoms with E-state index in [4.69, 9.17) is 0 Å². The molecule has 0 fully saturated rings. The summed E-state index contributed by atoms with van der Waals surface area (Å²) in [5.41, 5.74) is -1.04. The molecule has 0 amide bonds. The Morgan fingerprint density at radius 3 is 1.54 bits per heavy atom. The molecule has 50 heavy (non-hydrogen) atoms. The van der Waals surface area contributed by atoms with Crippen molar-refractivity contribution in [3.8, 4) is 0 Å². The Morgan fingerprint density at radius 1 is 0.580 bits per heavy atom. The van der Waals surface area contributed by atoms with Crippen LogP contribution in [0.1, 0.15) is 28.7 Å². The van der Waals surface area contributed by atoms with Gasteiger partial charge < -0.3 is 24.8 Å². The Bertz CT molecular complexity index is 2260. The average molecular weight is 882 g/mol. The monoisotopic (exact) mass is 882 g/mol. The summed E-state index contributed by atoms with van der Waals surface area (Å²) in [5, 5.41) is 10.8. The minimum absolute atomic E-state index is 0.